The first-order valence-corrected chi connectivity index (χ1v) is 26.4. The first kappa shape index (κ1) is 46.1. The molecule has 0 N–H and O–H groups in total. The van der Waals surface area contributed by atoms with E-state index in [4.69, 9.17) is 19.9 Å². The van der Waals surface area contributed by atoms with Crippen molar-refractivity contribution in [2.45, 2.75) is 0 Å². The van der Waals surface area contributed by atoms with Gasteiger partial charge in [0, 0.05) is 33.4 Å². The average Bonchev–Trinajstić information content (AvgIpc) is 3.54. The maximum atomic E-state index is 5.51. The van der Waals surface area contributed by atoms with Gasteiger partial charge in [0.2, 0.25) is 0 Å². The Hall–Kier alpha value is -10.4. The lowest BCUT2D eigenvalue weighted by Crippen LogP contribution is -1.99. The van der Waals surface area contributed by atoms with Gasteiger partial charge in [0.1, 0.15) is 0 Å². The lowest BCUT2D eigenvalue weighted by molar-refractivity contribution is 1.18. The number of aromatic nitrogens is 4. The van der Waals surface area contributed by atoms with Crippen molar-refractivity contribution in [3.63, 3.8) is 0 Å². The van der Waals surface area contributed by atoms with Crippen molar-refractivity contribution in [2.24, 2.45) is 0 Å². The molecule has 0 aliphatic heterocycles. The van der Waals surface area contributed by atoms with Crippen LogP contribution in [0.4, 0.5) is 0 Å². The van der Waals surface area contributed by atoms with Crippen LogP contribution < -0.4 is 0 Å². The number of hydrogen-bond acceptors (Lipinski definition) is 4. The third-order valence-electron chi connectivity index (χ3n) is 14.9. The summed E-state index contributed by atoms with van der Waals surface area (Å²) in [5.41, 5.74) is 17.9. The van der Waals surface area contributed by atoms with Gasteiger partial charge in [-0.3, -0.25) is 0 Å². The molecule has 0 saturated carbocycles. The van der Waals surface area contributed by atoms with Crippen molar-refractivity contribution < 1.29 is 0 Å². The highest BCUT2D eigenvalue weighted by atomic mass is 14.9. The third kappa shape index (κ3) is 8.77. The summed E-state index contributed by atoms with van der Waals surface area (Å²) >= 11 is 0. The van der Waals surface area contributed by atoms with Crippen LogP contribution in [0.2, 0.25) is 0 Å². The average molecular weight is 993 g/mol. The molecule has 78 heavy (non-hydrogen) atoms. The van der Waals surface area contributed by atoms with E-state index in [9.17, 15) is 0 Å². The fourth-order valence-electron chi connectivity index (χ4n) is 11.1. The summed E-state index contributed by atoms with van der Waals surface area (Å²) in [5, 5.41) is 7.30. The Labute approximate surface area is 453 Å². The van der Waals surface area contributed by atoms with E-state index in [-0.39, 0.29) is 0 Å². The minimum Gasteiger partial charge on any atom is -0.228 e. The molecule has 14 aromatic rings. The van der Waals surface area contributed by atoms with E-state index in [1.807, 2.05) is 12.1 Å². The molecule has 4 nitrogen and oxygen atoms in total. The van der Waals surface area contributed by atoms with Crippen LogP contribution >= 0.6 is 0 Å². The molecular weight excluding hydrogens is 945 g/mol. The Morgan fingerprint density at radius 3 is 0.974 bits per heavy atom. The van der Waals surface area contributed by atoms with Crippen molar-refractivity contribution in [2.75, 3.05) is 0 Å². The third-order valence-corrected chi connectivity index (χ3v) is 14.9. The second kappa shape index (κ2) is 20.0. The largest absolute Gasteiger partial charge is 0.228 e. The van der Waals surface area contributed by atoms with Crippen LogP contribution in [0.5, 0.6) is 0 Å². The number of rotatable bonds is 10. The molecule has 0 radical (unpaired) electrons. The van der Waals surface area contributed by atoms with Gasteiger partial charge in [-0.15, -0.1) is 0 Å². The van der Waals surface area contributed by atoms with E-state index in [0.29, 0.717) is 11.6 Å². The van der Waals surface area contributed by atoms with E-state index in [2.05, 4.69) is 279 Å². The minimum atomic E-state index is 0.635. The molecule has 0 fully saturated rings. The van der Waals surface area contributed by atoms with Crippen LogP contribution in [-0.2, 0) is 0 Å². The standard InChI is InChI=1S/C74H48N4/c1-5-21-49(22-6-1)53-29-19-31-57(43-53)71-47-69(51-25-9-3-10-26-51)75-73(77-71)65-38-18-13-33-59(65)55-40-42-66(67(45-55)56-39-41-64-62-36-15-14-34-60(62)61-35-16-17-37-63(61)68(64)46-56)74-76-70(52-27-11-4-12-28-52)48-72(78-74)58-32-20-30-54(44-58)50-23-7-2-8-24-50/h1-48H. The monoisotopic (exact) mass is 992 g/mol. The second-order valence-electron chi connectivity index (χ2n) is 19.7. The molecule has 0 unspecified atom stereocenters. The molecule has 0 saturated heterocycles. The van der Waals surface area contributed by atoms with E-state index in [0.717, 1.165) is 101 Å². The van der Waals surface area contributed by atoms with Gasteiger partial charge in [-0.05, 0) is 119 Å². The van der Waals surface area contributed by atoms with Gasteiger partial charge in [-0.2, -0.15) is 0 Å². The predicted octanol–water partition coefficient (Wildman–Crippen LogP) is 19.4. The first-order valence-electron chi connectivity index (χ1n) is 26.4. The van der Waals surface area contributed by atoms with Crippen molar-refractivity contribution in [3.05, 3.63) is 291 Å². The molecule has 0 spiro atoms. The van der Waals surface area contributed by atoms with Gasteiger partial charge in [-0.25, -0.2) is 19.9 Å². The lowest BCUT2D eigenvalue weighted by atomic mass is 9.89. The molecule has 0 atom stereocenters. The van der Waals surface area contributed by atoms with E-state index in [1.165, 1.54) is 32.3 Å². The van der Waals surface area contributed by atoms with Crippen LogP contribution in [0.15, 0.2) is 291 Å². The summed E-state index contributed by atoms with van der Waals surface area (Å²) in [4.78, 5) is 21.8. The summed E-state index contributed by atoms with van der Waals surface area (Å²) in [6.45, 7) is 0. The van der Waals surface area contributed by atoms with E-state index >= 15 is 0 Å². The molecular formula is C74H48N4. The maximum Gasteiger partial charge on any atom is 0.161 e. The molecule has 4 heteroatoms. The topological polar surface area (TPSA) is 51.6 Å². The summed E-state index contributed by atoms with van der Waals surface area (Å²) in [6.07, 6.45) is 0. The lowest BCUT2D eigenvalue weighted by Gasteiger charge is -2.17. The molecule has 2 aromatic heterocycles. The zero-order valence-electron chi connectivity index (χ0n) is 42.5. The van der Waals surface area contributed by atoms with Gasteiger partial charge in [0.05, 0.1) is 22.8 Å². The normalized spacial score (nSPS) is 11.3. The molecule has 0 aliphatic carbocycles. The fraction of sp³-hybridized carbons (Fsp3) is 0. The smallest absolute Gasteiger partial charge is 0.161 e. The molecule has 0 amide bonds. The van der Waals surface area contributed by atoms with Gasteiger partial charge < -0.3 is 0 Å². The number of fused-ring (bicyclic) bond motifs is 6. The summed E-state index contributed by atoms with van der Waals surface area (Å²) in [6, 6.07) is 103. The number of benzene rings is 12. The quantitative estimate of drug-likeness (QED) is 0.128. The predicted molar refractivity (Wildman–Crippen MR) is 325 cm³/mol. The van der Waals surface area contributed by atoms with Crippen LogP contribution in [0.3, 0.4) is 0 Å². The van der Waals surface area contributed by atoms with E-state index in [1.54, 1.807) is 0 Å². The molecule has 2 heterocycles. The van der Waals surface area contributed by atoms with Gasteiger partial charge in [0.25, 0.3) is 0 Å². The second-order valence-corrected chi connectivity index (χ2v) is 19.7. The zero-order chi connectivity index (χ0) is 51.8. The first-order chi connectivity index (χ1) is 38.6. The minimum absolute atomic E-state index is 0.635. The summed E-state index contributed by atoms with van der Waals surface area (Å²) < 4.78 is 0. The van der Waals surface area contributed by atoms with Crippen LogP contribution in [0.25, 0.3) is 145 Å². The Morgan fingerprint density at radius 2 is 0.487 bits per heavy atom. The van der Waals surface area contributed by atoms with Crippen molar-refractivity contribution in [1.29, 1.82) is 0 Å². The van der Waals surface area contributed by atoms with Gasteiger partial charge >= 0.3 is 0 Å². The number of hydrogen-bond donors (Lipinski definition) is 0. The molecule has 364 valence electrons. The SMILES string of the molecule is c1ccc(-c2cccc(-c3cc(-c4ccccc4)nc(-c4ccccc4-c4ccc(-c5nc(-c6ccccc6)cc(-c6cccc(-c7ccccc7)c6)n5)c(-c5ccc6c7ccccc7c7ccccc7c6c5)c4)n3)c2)cc1. The van der Waals surface area contributed by atoms with Gasteiger partial charge in [-0.1, -0.05) is 249 Å². The molecule has 12 aromatic carbocycles. The van der Waals surface area contributed by atoms with Crippen LogP contribution in [0.1, 0.15) is 0 Å². The van der Waals surface area contributed by atoms with Crippen molar-refractivity contribution in [3.8, 4) is 112 Å². The van der Waals surface area contributed by atoms with Crippen LogP contribution in [-0.4, -0.2) is 19.9 Å². The highest BCUT2D eigenvalue weighted by Gasteiger charge is 2.21. The molecule has 0 bridgehead atoms. The Balaban J connectivity index is 0.987. The van der Waals surface area contributed by atoms with E-state index < -0.39 is 0 Å². The Kier molecular flexibility index (Phi) is 11.8. The van der Waals surface area contributed by atoms with Crippen molar-refractivity contribution >= 4 is 32.3 Å². The van der Waals surface area contributed by atoms with Crippen molar-refractivity contribution in [1.82, 2.24) is 19.9 Å². The highest BCUT2D eigenvalue weighted by Crippen LogP contribution is 2.43. The zero-order valence-corrected chi connectivity index (χ0v) is 42.5. The maximum absolute atomic E-state index is 5.51. The van der Waals surface area contributed by atoms with Crippen LogP contribution in [0, 0.1) is 0 Å². The fourth-order valence-corrected chi connectivity index (χ4v) is 11.1. The summed E-state index contributed by atoms with van der Waals surface area (Å²) in [5.74, 6) is 1.28. The Morgan fingerprint density at radius 1 is 0.154 bits per heavy atom. The molecule has 0 aliphatic rings. The number of nitrogens with zero attached hydrogens (tertiary/aromatic N) is 4. The Bertz CT molecular complexity index is 4500. The van der Waals surface area contributed by atoms with Gasteiger partial charge in [0.15, 0.2) is 11.6 Å². The highest BCUT2D eigenvalue weighted by molar-refractivity contribution is 6.25. The molecule has 14 rings (SSSR count). The summed E-state index contributed by atoms with van der Waals surface area (Å²) in [7, 11) is 0.